The summed E-state index contributed by atoms with van der Waals surface area (Å²) in [7, 11) is 0. The van der Waals surface area contributed by atoms with E-state index in [1.165, 1.54) is 47.5 Å². The number of hydrogen-bond acceptors (Lipinski definition) is 11. The first-order valence-corrected chi connectivity index (χ1v) is 18.3. The molecule has 0 aliphatic carbocycles. The summed E-state index contributed by atoms with van der Waals surface area (Å²) in [6.45, 7) is 2.36. The molecule has 6 aromatic rings. The molecule has 4 aromatic heterocycles. The summed E-state index contributed by atoms with van der Waals surface area (Å²) in [5.41, 5.74) is 3.33. The Morgan fingerprint density at radius 3 is 1.55 bits per heavy atom. The molecule has 0 bridgehead atoms. The number of halogens is 2. The lowest BCUT2D eigenvalue weighted by Gasteiger charge is -2.12. The maximum atomic E-state index is 15.0. The molecule has 11 nitrogen and oxygen atoms in total. The molecule has 2 aliphatic rings. The van der Waals surface area contributed by atoms with Crippen molar-refractivity contribution in [2.75, 3.05) is 13.6 Å². The average Bonchev–Trinajstić information content (AvgIpc) is 3.98. The van der Waals surface area contributed by atoms with Crippen LogP contribution in [0.2, 0.25) is 0 Å². The van der Waals surface area contributed by atoms with Crippen LogP contribution >= 0.6 is 22.7 Å². The summed E-state index contributed by atoms with van der Waals surface area (Å²) < 4.78 is 49.4. The lowest BCUT2D eigenvalue weighted by molar-refractivity contribution is -0.0935. The van der Waals surface area contributed by atoms with Gasteiger partial charge in [0.25, 0.3) is 0 Å². The molecule has 0 saturated heterocycles. The van der Waals surface area contributed by atoms with Gasteiger partial charge in [0.1, 0.15) is 24.3 Å². The quantitative estimate of drug-likeness (QED) is 0.0695. The molecule has 0 N–H and O–H groups in total. The van der Waals surface area contributed by atoms with Crippen molar-refractivity contribution in [2.24, 2.45) is 9.98 Å². The predicted molar refractivity (Wildman–Crippen MR) is 201 cm³/mol. The molecule has 0 spiro atoms. The molecule has 15 heteroatoms. The molecular weight excluding hydrogens is 747 g/mol. The van der Waals surface area contributed by atoms with Crippen molar-refractivity contribution >= 4 is 46.0 Å². The number of aromatic nitrogens is 4. The van der Waals surface area contributed by atoms with Gasteiger partial charge in [0.05, 0.1) is 65.8 Å². The summed E-state index contributed by atoms with van der Waals surface area (Å²) in [6, 6.07) is 14.8. The summed E-state index contributed by atoms with van der Waals surface area (Å²) in [5, 5.41) is 0. The van der Waals surface area contributed by atoms with Crippen molar-refractivity contribution in [3.8, 4) is 36.1 Å². The zero-order valence-electron chi connectivity index (χ0n) is 28.9. The predicted octanol–water partition coefficient (Wildman–Crippen LogP) is 7.19. The molecule has 2 atom stereocenters. The van der Waals surface area contributed by atoms with Gasteiger partial charge < -0.3 is 14.2 Å². The summed E-state index contributed by atoms with van der Waals surface area (Å²) in [4.78, 5) is 47.3. The highest BCUT2D eigenvalue weighted by molar-refractivity contribution is 7.15. The van der Waals surface area contributed by atoms with Crippen molar-refractivity contribution in [3.05, 3.63) is 138 Å². The van der Waals surface area contributed by atoms with Crippen molar-refractivity contribution in [1.82, 2.24) is 19.1 Å². The highest BCUT2D eigenvalue weighted by Gasteiger charge is 2.33. The van der Waals surface area contributed by atoms with Crippen LogP contribution in [0.15, 0.2) is 83.3 Å². The zero-order valence-corrected chi connectivity index (χ0v) is 30.6. The van der Waals surface area contributed by atoms with E-state index in [-0.39, 0.29) is 11.4 Å². The minimum absolute atomic E-state index is 0.0307. The van der Waals surface area contributed by atoms with Gasteiger partial charge in [-0.1, -0.05) is 36.1 Å². The van der Waals surface area contributed by atoms with E-state index in [0.29, 0.717) is 64.8 Å². The SMILES string of the molecule is C#Cc1cc2c(s1)C(c1ccccc1F)=NC(C)c1c(C(=O)OCOCOC(=O)c3ncn4c3C(C)N=C(c3ccccc3F)c3sc(C#C)cc3-4)ncn1-2. The van der Waals surface area contributed by atoms with Crippen molar-refractivity contribution in [3.63, 3.8) is 0 Å². The van der Waals surface area contributed by atoms with E-state index < -0.39 is 49.2 Å². The second-order valence-electron chi connectivity index (χ2n) is 12.2. The Morgan fingerprint density at radius 1 is 0.727 bits per heavy atom. The number of carbonyl (C=O) groups is 2. The number of esters is 2. The molecule has 8 rings (SSSR count). The standard InChI is InChI=1S/C40H26F2N6O5S2/c1-5-23-15-29-37(54-23)31(25-11-7-9-13-27(25)41)45-21(3)35-33(43-17-47(29)35)39(49)52-19-51-20-53-40(50)34-36-22(4)46-32(26-12-8-10-14-28(26)42)38-30(48(36)18-44-34)16-24(6-2)55-38/h1-2,7-18,21-22H,19-20H2,3-4H3. The van der Waals surface area contributed by atoms with Crippen LogP contribution in [0.3, 0.4) is 0 Å². The molecule has 55 heavy (non-hydrogen) atoms. The topological polar surface area (TPSA) is 122 Å². The first-order valence-electron chi connectivity index (χ1n) is 16.6. The molecule has 272 valence electrons. The minimum atomic E-state index is -0.819. The lowest BCUT2D eigenvalue weighted by atomic mass is 10.1. The molecule has 2 unspecified atom stereocenters. The molecule has 2 aliphatic heterocycles. The van der Waals surface area contributed by atoms with Gasteiger partial charge in [0.2, 0.25) is 0 Å². The fourth-order valence-corrected chi connectivity index (χ4v) is 8.43. The summed E-state index contributed by atoms with van der Waals surface area (Å²) in [6.07, 6.45) is 14.3. The molecular formula is C40H26F2N6O5S2. The molecule has 0 radical (unpaired) electrons. The molecule has 0 fully saturated rings. The zero-order chi connectivity index (χ0) is 38.4. The number of aliphatic imine (C=N–C) groups is 2. The van der Waals surface area contributed by atoms with Gasteiger partial charge in [-0.05, 0) is 50.2 Å². The fourth-order valence-electron chi connectivity index (χ4n) is 6.49. The third-order valence-corrected chi connectivity index (χ3v) is 11.0. The number of thiophene rings is 2. The van der Waals surface area contributed by atoms with E-state index in [4.69, 9.17) is 37.0 Å². The summed E-state index contributed by atoms with van der Waals surface area (Å²) >= 11 is 2.56. The van der Waals surface area contributed by atoms with Crippen LogP contribution in [0.25, 0.3) is 11.4 Å². The molecule has 6 heterocycles. The van der Waals surface area contributed by atoms with Crippen LogP contribution in [0.1, 0.15) is 88.9 Å². The van der Waals surface area contributed by atoms with Gasteiger partial charge in [0, 0.05) is 11.1 Å². The number of nitrogens with zero attached hydrogens (tertiary/aromatic N) is 6. The highest BCUT2D eigenvalue weighted by atomic mass is 32.1. The van der Waals surface area contributed by atoms with Crippen LogP contribution in [0, 0.1) is 36.3 Å². The van der Waals surface area contributed by atoms with E-state index in [0.717, 1.165) is 0 Å². The lowest BCUT2D eigenvalue weighted by Crippen LogP contribution is -2.16. The first-order chi connectivity index (χ1) is 26.7. The second kappa shape index (κ2) is 14.4. The van der Waals surface area contributed by atoms with Gasteiger partial charge in [-0.2, -0.15) is 0 Å². The van der Waals surface area contributed by atoms with Gasteiger partial charge in [0.15, 0.2) is 25.0 Å². The normalized spacial score (nSPS) is 15.5. The van der Waals surface area contributed by atoms with Crippen LogP contribution in [-0.4, -0.2) is 56.1 Å². The third-order valence-electron chi connectivity index (χ3n) is 8.90. The number of fused-ring (bicyclic) bond motifs is 6. The highest BCUT2D eigenvalue weighted by Crippen LogP contribution is 2.39. The fraction of sp³-hybridized carbons (Fsp3) is 0.150. The second-order valence-corrected chi connectivity index (χ2v) is 14.3. The van der Waals surface area contributed by atoms with E-state index in [2.05, 4.69) is 21.8 Å². The van der Waals surface area contributed by atoms with E-state index >= 15 is 0 Å². The Labute approximate surface area is 320 Å². The Morgan fingerprint density at radius 2 is 1.15 bits per heavy atom. The number of carbonyl (C=O) groups excluding carboxylic acids is 2. The van der Waals surface area contributed by atoms with E-state index in [9.17, 15) is 18.4 Å². The van der Waals surface area contributed by atoms with Gasteiger partial charge in [-0.3, -0.25) is 19.1 Å². The van der Waals surface area contributed by atoms with Crippen LogP contribution in [0.4, 0.5) is 8.78 Å². The van der Waals surface area contributed by atoms with Crippen molar-refractivity contribution < 1.29 is 32.6 Å². The number of rotatable bonds is 8. The van der Waals surface area contributed by atoms with Gasteiger partial charge in [-0.25, -0.2) is 28.3 Å². The smallest absolute Gasteiger partial charge is 0.361 e. The number of imidazole rings is 2. The van der Waals surface area contributed by atoms with Crippen LogP contribution in [0.5, 0.6) is 0 Å². The first kappa shape index (κ1) is 35.5. The van der Waals surface area contributed by atoms with Crippen molar-refractivity contribution in [2.45, 2.75) is 25.9 Å². The molecule has 0 amide bonds. The Bertz CT molecular complexity index is 2510. The van der Waals surface area contributed by atoms with Crippen molar-refractivity contribution in [1.29, 1.82) is 0 Å². The number of benzene rings is 2. The third kappa shape index (κ3) is 6.24. The summed E-state index contributed by atoms with van der Waals surface area (Å²) in [5.74, 6) is 2.70. The maximum absolute atomic E-state index is 15.0. The van der Waals surface area contributed by atoms with Crippen LogP contribution < -0.4 is 0 Å². The molecule has 2 aromatic carbocycles. The largest absolute Gasteiger partial charge is 0.434 e. The van der Waals surface area contributed by atoms with Gasteiger partial charge in [-0.15, -0.1) is 35.5 Å². The Balaban J connectivity index is 0.969. The number of terminal acetylenes is 2. The molecule has 0 saturated carbocycles. The monoisotopic (exact) mass is 772 g/mol. The number of ether oxygens (including phenoxy) is 3. The van der Waals surface area contributed by atoms with E-state index in [1.54, 1.807) is 71.5 Å². The van der Waals surface area contributed by atoms with Gasteiger partial charge >= 0.3 is 11.9 Å². The van der Waals surface area contributed by atoms with Crippen LogP contribution in [-0.2, 0) is 14.2 Å². The number of hydrogen-bond donors (Lipinski definition) is 0. The maximum Gasteiger partial charge on any atom is 0.361 e. The Hall–Kier alpha value is -6.52. The minimum Gasteiger partial charge on any atom is -0.434 e. The van der Waals surface area contributed by atoms with E-state index in [1.807, 2.05) is 0 Å². The Kier molecular flexibility index (Phi) is 9.28. The average molecular weight is 773 g/mol.